The number of hydrogen-bond acceptors (Lipinski definition) is 4. The van der Waals surface area contributed by atoms with Crippen LogP contribution in [0.3, 0.4) is 0 Å². The van der Waals surface area contributed by atoms with E-state index in [1.54, 1.807) is 0 Å². The first kappa shape index (κ1) is 68.2. The van der Waals surface area contributed by atoms with E-state index in [4.69, 9.17) is 8.83 Å². The highest BCUT2D eigenvalue weighted by atomic mass is 32.1. The molecular weight excluding hydrogens is 1490 g/mol. The first-order valence-electron chi connectivity index (χ1n) is 41.2. The smallest absolute Gasteiger partial charge is 0.143 e. The molecule has 0 fully saturated rings. The highest BCUT2D eigenvalue weighted by molar-refractivity contribution is 7.26. The first-order chi connectivity index (χ1) is 59.6. The molecule has 26 aromatic rings. The Morgan fingerprint density at radius 3 is 0.767 bits per heavy atom. The van der Waals surface area contributed by atoms with Crippen LogP contribution in [0.15, 0.2) is 421 Å². The number of thiophene rings is 2. The molecule has 0 saturated heterocycles. The molecule has 0 spiro atoms. The average molecular weight is 1560 g/mol. The van der Waals surface area contributed by atoms with Gasteiger partial charge in [0.05, 0.1) is 0 Å². The molecule has 556 valence electrons. The Morgan fingerprint density at radius 2 is 0.392 bits per heavy atom. The van der Waals surface area contributed by atoms with Crippen molar-refractivity contribution >= 4 is 193 Å². The summed E-state index contributed by atoms with van der Waals surface area (Å²) in [6.07, 6.45) is 0. The number of benzene rings is 22. The molecule has 4 heteroatoms. The highest BCUT2D eigenvalue weighted by Crippen LogP contribution is 2.55. The molecule has 0 unspecified atom stereocenters. The molecule has 0 atom stereocenters. The Labute approximate surface area is 698 Å². The van der Waals surface area contributed by atoms with Crippen molar-refractivity contribution in [2.24, 2.45) is 0 Å². The highest BCUT2D eigenvalue weighted by Gasteiger charge is 2.28. The number of furan rings is 2. The van der Waals surface area contributed by atoms with Crippen LogP contribution in [0.25, 0.3) is 259 Å². The summed E-state index contributed by atoms with van der Waals surface area (Å²) in [6, 6.07) is 151. The molecule has 22 aromatic carbocycles. The second-order valence-electron chi connectivity index (χ2n) is 31.6. The van der Waals surface area contributed by atoms with Gasteiger partial charge in [-0.15, -0.1) is 22.7 Å². The van der Waals surface area contributed by atoms with Crippen LogP contribution < -0.4 is 0 Å². The fourth-order valence-electron chi connectivity index (χ4n) is 20.4. The van der Waals surface area contributed by atoms with E-state index < -0.39 is 0 Å². The standard InChI is InChI=1S/2C58H34OS/c1-2-16-35(17-3-1)53-39-19-4-10-25-45(39)56(46-26-11-5-20-40(46)53)48-28-14-29-49-57-47(27-15-30-50(57)59-58(48)49)55-43-23-8-6-21-41(43)54(42-22-7-9-24-44(42)55)36-32-33-38-37-18-12-13-31-51(37)60-52(38)34-36;1-2-16-35(17-3-1)53-38-19-4-10-25-44(38)56(45-26-11-5-20-39(45)53)47-28-14-29-48-57-46(27-15-30-50(57)59-58(47)48)55-42-23-8-6-21-40(42)54(41-22-7-9-24-43(41)55)36-32-33-52-49(34-36)37-18-12-13-31-51(37)60-52/h2*1-34H. The molecule has 0 N–H and O–H groups in total. The number of hydrogen-bond donors (Lipinski definition) is 0. The van der Waals surface area contributed by atoms with Crippen LogP contribution >= 0.6 is 22.7 Å². The van der Waals surface area contributed by atoms with Crippen LogP contribution in [-0.4, -0.2) is 0 Å². The normalized spacial score (nSPS) is 12.0. The first-order valence-corrected chi connectivity index (χ1v) is 42.8. The quantitative estimate of drug-likeness (QED) is 0.142. The van der Waals surface area contributed by atoms with E-state index in [1.165, 1.54) is 204 Å². The van der Waals surface area contributed by atoms with Crippen molar-refractivity contribution in [1.29, 1.82) is 0 Å². The predicted molar refractivity (Wildman–Crippen MR) is 517 cm³/mol. The lowest BCUT2D eigenvalue weighted by Gasteiger charge is -2.18. The maximum absolute atomic E-state index is 7.10. The monoisotopic (exact) mass is 1560 g/mol. The van der Waals surface area contributed by atoms with E-state index in [0.29, 0.717) is 0 Å². The van der Waals surface area contributed by atoms with Gasteiger partial charge in [0.2, 0.25) is 0 Å². The van der Waals surface area contributed by atoms with E-state index >= 15 is 0 Å². The molecule has 120 heavy (non-hydrogen) atoms. The molecule has 4 heterocycles. The third-order valence-corrected chi connectivity index (χ3v) is 27.6. The van der Waals surface area contributed by atoms with Crippen molar-refractivity contribution in [2.75, 3.05) is 0 Å². The van der Waals surface area contributed by atoms with E-state index in [0.717, 1.165) is 55.0 Å². The molecule has 0 bridgehead atoms. The molecular formula is C116H68O2S2. The zero-order chi connectivity index (χ0) is 78.6. The summed E-state index contributed by atoms with van der Waals surface area (Å²) in [5.41, 5.74) is 23.0. The Morgan fingerprint density at radius 1 is 0.142 bits per heavy atom. The molecule has 0 aliphatic carbocycles. The minimum Gasteiger partial charge on any atom is -0.455 e. The van der Waals surface area contributed by atoms with E-state index in [2.05, 4.69) is 413 Å². The fourth-order valence-corrected chi connectivity index (χ4v) is 22.6. The Hall–Kier alpha value is -15.0. The van der Waals surface area contributed by atoms with Gasteiger partial charge in [-0.3, -0.25) is 0 Å². The molecule has 0 amide bonds. The SMILES string of the molecule is c1ccc(-c2c3ccccc3c(-c3cccc4c3oc3cccc(-c5c6ccccc6c(-c6ccc7c(c6)sc6ccccc67)c6ccccc56)c34)c3ccccc23)cc1.c1ccc(-c2c3ccccc3c(-c3cccc4c3oc3cccc(-c5c6ccccc6c(-c6ccc7sc8ccccc8c7c6)c6ccccc56)c34)c3ccccc23)cc1. The molecule has 2 nitrogen and oxygen atoms in total. The van der Waals surface area contributed by atoms with Crippen molar-refractivity contribution in [3.8, 4) is 89.0 Å². The summed E-state index contributed by atoms with van der Waals surface area (Å²) < 4.78 is 19.5. The fraction of sp³-hybridized carbons (Fsp3) is 0. The van der Waals surface area contributed by atoms with Crippen LogP contribution in [0.4, 0.5) is 0 Å². The van der Waals surface area contributed by atoms with Gasteiger partial charge in [-0.05, 0) is 195 Å². The average Bonchev–Trinajstić information content (AvgIpc) is 1.32. The van der Waals surface area contributed by atoms with Gasteiger partial charge in [0.25, 0.3) is 0 Å². The molecule has 0 saturated carbocycles. The van der Waals surface area contributed by atoms with Gasteiger partial charge in [-0.1, -0.05) is 370 Å². The molecule has 4 aromatic heterocycles. The van der Waals surface area contributed by atoms with Gasteiger partial charge in [0.15, 0.2) is 0 Å². The van der Waals surface area contributed by atoms with Gasteiger partial charge in [0, 0.05) is 84.1 Å². The molecule has 0 aliphatic rings. The Kier molecular flexibility index (Phi) is 15.5. The van der Waals surface area contributed by atoms with Crippen LogP contribution in [0, 0.1) is 0 Å². The van der Waals surface area contributed by atoms with Crippen molar-refractivity contribution in [1.82, 2.24) is 0 Å². The van der Waals surface area contributed by atoms with Gasteiger partial charge >= 0.3 is 0 Å². The lowest BCUT2D eigenvalue weighted by molar-refractivity contribution is 0.670. The zero-order valence-corrected chi connectivity index (χ0v) is 66.5. The third kappa shape index (κ3) is 10.4. The van der Waals surface area contributed by atoms with E-state index in [1.807, 2.05) is 22.7 Å². The number of fused-ring (bicyclic) bond motifs is 20. The lowest BCUT2D eigenvalue weighted by atomic mass is 9.84. The van der Waals surface area contributed by atoms with Crippen molar-refractivity contribution in [3.05, 3.63) is 413 Å². The second kappa shape index (κ2) is 27.3. The maximum atomic E-state index is 7.10. The summed E-state index contributed by atoms with van der Waals surface area (Å²) in [6.45, 7) is 0. The van der Waals surface area contributed by atoms with Gasteiger partial charge in [0.1, 0.15) is 22.3 Å². The number of rotatable bonds is 8. The Bertz CT molecular complexity index is 8560. The second-order valence-corrected chi connectivity index (χ2v) is 33.8. The lowest BCUT2D eigenvalue weighted by Crippen LogP contribution is -1.91. The van der Waals surface area contributed by atoms with E-state index in [9.17, 15) is 0 Å². The summed E-state index contributed by atoms with van der Waals surface area (Å²) in [7, 11) is 0. The summed E-state index contributed by atoms with van der Waals surface area (Å²) in [5.74, 6) is 0. The molecule has 0 aliphatic heterocycles. The van der Waals surface area contributed by atoms with Crippen molar-refractivity contribution in [3.63, 3.8) is 0 Å². The summed E-state index contributed by atoms with van der Waals surface area (Å²) >= 11 is 3.74. The maximum Gasteiger partial charge on any atom is 0.143 e. The minimum atomic E-state index is 0.886. The third-order valence-electron chi connectivity index (χ3n) is 25.3. The largest absolute Gasteiger partial charge is 0.455 e. The van der Waals surface area contributed by atoms with E-state index in [-0.39, 0.29) is 0 Å². The minimum absolute atomic E-state index is 0.886. The topological polar surface area (TPSA) is 26.3 Å². The van der Waals surface area contributed by atoms with Crippen LogP contribution in [0.5, 0.6) is 0 Å². The predicted octanol–water partition coefficient (Wildman–Crippen LogP) is 34.5. The van der Waals surface area contributed by atoms with Crippen molar-refractivity contribution < 1.29 is 8.83 Å². The van der Waals surface area contributed by atoms with Gasteiger partial charge in [-0.2, -0.15) is 0 Å². The van der Waals surface area contributed by atoms with Crippen LogP contribution in [-0.2, 0) is 0 Å². The van der Waals surface area contributed by atoms with Crippen LogP contribution in [0.2, 0.25) is 0 Å². The van der Waals surface area contributed by atoms with Crippen LogP contribution in [0.1, 0.15) is 0 Å². The Balaban J connectivity index is 0.000000133. The van der Waals surface area contributed by atoms with Crippen molar-refractivity contribution in [2.45, 2.75) is 0 Å². The summed E-state index contributed by atoms with van der Waals surface area (Å²) in [5, 5.41) is 29.4. The van der Waals surface area contributed by atoms with Gasteiger partial charge < -0.3 is 8.83 Å². The van der Waals surface area contributed by atoms with Gasteiger partial charge in [-0.25, -0.2) is 0 Å². The number of para-hydroxylation sites is 2. The molecule has 26 rings (SSSR count). The molecule has 0 radical (unpaired) electrons. The summed E-state index contributed by atoms with van der Waals surface area (Å²) in [4.78, 5) is 0. The zero-order valence-electron chi connectivity index (χ0n) is 64.9.